The summed E-state index contributed by atoms with van der Waals surface area (Å²) in [7, 11) is 0. The van der Waals surface area contributed by atoms with Gasteiger partial charge in [0.05, 0.1) is 11.1 Å². The van der Waals surface area contributed by atoms with Crippen LogP contribution >= 0.6 is 0 Å². The van der Waals surface area contributed by atoms with E-state index in [0.29, 0.717) is 11.3 Å². The zero-order chi connectivity index (χ0) is 20.4. The van der Waals surface area contributed by atoms with Crippen molar-refractivity contribution in [3.05, 3.63) is 107 Å². The van der Waals surface area contributed by atoms with Crippen molar-refractivity contribution in [2.24, 2.45) is 0 Å². The van der Waals surface area contributed by atoms with Crippen molar-refractivity contribution in [1.82, 2.24) is 4.98 Å². The first-order valence-corrected chi connectivity index (χ1v) is 9.17. The Morgan fingerprint density at radius 2 is 1.66 bits per heavy atom. The average molecular weight is 385 g/mol. The zero-order valence-electron chi connectivity index (χ0n) is 15.7. The monoisotopic (exact) mass is 385 g/mol. The third kappa shape index (κ3) is 3.69. The van der Waals surface area contributed by atoms with Crippen molar-refractivity contribution in [2.45, 2.75) is 6.92 Å². The molecular weight excluding hydrogens is 368 g/mol. The number of allylic oxidation sites excluding steroid dienone is 1. The molecule has 0 spiro atoms. The van der Waals surface area contributed by atoms with Gasteiger partial charge in [-0.1, -0.05) is 48.5 Å². The highest BCUT2D eigenvalue weighted by atomic mass is 19.1. The highest BCUT2D eigenvalue weighted by molar-refractivity contribution is 6.16. The van der Waals surface area contributed by atoms with E-state index in [4.69, 9.17) is 0 Å². The van der Waals surface area contributed by atoms with E-state index in [1.54, 1.807) is 6.92 Å². The largest absolute Gasteiger partial charge is 0.289 e. The number of hydrogen-bond acceptors (Lipinski definition) is 2. The maximum Gasteiger partial charge on any atom is 0.188 e. The Hall–Kier alpha value is -3.66. The Balaban J connectivity index is 1.87. The van der Waals surface area contributed by atoms with Gasteiger partial charge in [-0.25, -0.2) is 8.78 Å². The lowest BCUT2D eigenvalue weighted by Gasteiger charge is -2.14. The van der Waals surface area contributed by atoms with E-state index in [0.717, 1.165) is 34.2 Å². The van der Waals surface area contributed by atoms with Crippen LogP contribution in [0.5, 0.6) is 0 Å². The van der Waals surface area contributed by atoms with E-state index in [9.17, 15) is 13.6 Å². The van der Waals surface area contributed by atoms with Crippen LogP contribution in [-0.4, -0.2) is 10.8 Å². The molecule has 1 aromatic heterocycles. The predicted molar refractivity (Wildman–Crippen MR) is 112 cm³/mol. The molecule has 4 aromatic rings. The van der Waals surface area contributed by atoms with E-state index in [1.165, 1.54) is 18.2 Å². The maximum absolute atomic E-state index is 13.9. The number of ketones is 1. The lowest BCUT2D eigenvalue weighted by atomic mass is 9.92. The minimum Gasteiger partial charge on any atom is -0.289 e. The number of para-hydroxylation sites is 1. The fourth-order valence-corrected chi connectivity index (χ4v) is 3.43. The van der Waals surface area contributed by atoms with Gasteiger partial charge in [-0.05, 0) is 42.8 Å². The standard InChI is InChI=1S/C25H17F2NO/c1-16-24(23(29)14-12-17-11-13-19(26)15-21(17)27)25(18-7-3-2-4-8-18)20-9-5-6-10-22(20)28-16/h2-15H,1H3/b14-12+. The molecule has 0 unspecified atom stereocenters. The lowest BCUT2D eigenvalue weighted by molar-refractivity contribution is 0.104. The number of carbonyl (C=O) groups excluding carboxylic acids is 1. The van der Waals surface area contributed by atoms with Gasteiger partial charge < -0.3 is 0 Å². The van der Waals surface area contributed by atoms with E-state index in [2.05, 4.69) is 4.98 Å². The van der Waals surface area contributed by atoms with Gasteiger partial charge in [0.2, 0.25) is 0 Å². The van der Waals surface area contributed by atoms with E-state index in [-0.39, 0.29) is 11.3 Å². The number of benzene rings is 3. The average Bonchev–Trinajstić information content (AvgIpc) is 2.72. The minimum atomic E-state index is -0.717. The van der Waals surface area contributed by atoms with Crippen molar-refractivity contribution in [1.29, 1.82) is 0 Å². The van der Waals surface area contributed by atoms with Crippen LogP contribution < -0.4 is 0 Å². The summed E-state index contributed by atoms with van der Waals surface area (Å²) >= 11 is 0. The van der Waals surface area contributed by atoms with Crippen molar-refractivity contribution in [3.63, 3.8) is 0 Å². The third-order valence-electron chi connectivity index (χ3n) is 4.76. The topological polar surface area (TPSA) is 30.0 Å². The molecule has 0 saturated carbocycles. The van der Waals surface area contributed by atoms with Gasteiger partial charge in [0.25, 0.3) is 0 Å². The van der Waals surface area contributed by atoms with Crippen LogP contribution in [0.1, 0.15) is 21.6 Å². The number of nitrogens with zero attached hydrogens (tertiary/aromatic N) is 1. The third-order valence-corrected chi connectivity index (χ3v) is 4.76. The molecule has 0 aliphatic carbocycles. The first-order chi connectivity index (χ1) is 14.0. The van der Waals surface area contributed by atoms with Gasteiger partial charge in [0, 0.05) is 28.3 Å². The molecule has 4 heteroatoms. The van der Waals surface area contributed by atoms with Gasteiger partial charge in [0.15, 0.2) is 5.78 Å². The van der Waals surface area contributed by atoms with Crippen molar-refractivity contribution < 1.29 is 13.6 Å². The highest BCUT2D eigenvalue weighted by Gasteiger charge is 2.18. The summed E-state index contributed by atoms with van der Waals surface area (Å²) in [4.78, 5) is 17.7. The van der Waals surface area contributed by atoms with Gasteiger partial charge >= 0.3 is 0 Å². The zero-order valence-corrected chi connectivity index (χ0v) is 15.7. The van der Waals surface area contributed by atoms with Gasteiger partial charge in [-0.3, -0.25) is 9.78 Å². The maximum atomic E-state index is 13.9. The number of halogens is 2. The van der Waals surface area contributed by atoms with Gasteiger partial charge in [-0.2, -0.15) is 0 Å². The fraction of sp³-hybridized carbons (Fsp3) is 0.0400. The SMILES string of the molecule is Cc1nc2ccccc2c(-c2ccccc2)c1C(=O)/C=C/c1ccc(F)cc1F. The predicted octanol–water partition coefficient (Wildman–Crippen LogP) is 6.38. The number of rotatable bonds is 4. The molecule has 0 N–H and O–H groups in total. The summed E-state index contributed by atoms with van der Waals surface area (Å²) in [5.41, 5.74) is 3.70. The van der Waals surface area contributed by atoms with Crippen LogP contribution in [0.3, 0.4) is 0 Å². The summed E-state index contributed by atoms with van der Waals surface area (Å²) in [5.74, 6) is -1.67. The van der Waals surface area contributed by atoms with Gasteiger partial charge in [0.1, 0.15) is 11.6 Å². The summed E-state index contributed by atoms with van der Waals surface area (Å²) in [6.07, 6.45) is 2.67. The normalized spacial score (nSPS) is 11.3. The van der Waals surface area contributed by atoms with E-state index in [1.807, 2.05) is 54.6 Å². The van der Waals surface area contributed by atoms with Gasteiger partial charge in [-0.15, -0.1) is 0 Å². The molecule has 2 nitrogen and oxygen atoms in total. The van der Waals surface area contributed by atoms with Crippen molar-refractivity contribution in [3.8, 4) is 11.1 Å². The Morgan fingerprint density at radius 3 is 2.41 bits per heavy atom. The molecule has 4 rings (SSSR count). The molecule has 142 valence electrons. The Bertz CT molecular complexity index is 1250. The number of pyridine rings is 1. The number of hydrogen-bond donors (Lipinski definition) is 0. The van der Waals surface area contributed by atoms with E-state index >= 15 is 0 Å². The van der Waals surface area contributed by atoms with Crippen LogP contribution in [0.15, 0.2) is 78.9 Å². The van der Waals surface area contributed by atoms with Crippen LogP contribution in [-0.2, 0) is 0 Å². The van der Waals surface area contributed by atoms with Crippen LogP contribution in [0, 0.1) is 18.6 Å². The molecule has 0 fully saturated rings. The minimum absolute atomic E-state index is 0.146. The first-order valence-electron chi connectivity index (χ1n) is 9.17. The fourth-order valence-electron chi connectivity index (χ4n) is 3.43. The number of aryl methyl sites for hydroxylation is 1. The smallest absolute Gasteiger partial charge is 0.188 e. The van der Waals surface area contributed by atoms with Crippen molar-refractivity contribution >= 4 is 22.8 Å². The second-order valence-electron chi connectivity index (χ2n) is 6.69. The molecule has 0 atom stereocenters. The molecular formula is C25H17F2NO. The molecule has 0 saturated heterocycles. The summed E-state index contributed by atoms with van der Waals surface area (Å²) < 4.78 is 27.0. The Labute approximate surface area is 167 Å². The van der Waals surface area contributed by atoms with E-state index < -0.39 is 11.6 Å². The van der Waals surface area contributed by atoms with Crippen molar-refractivity contribution in [2.75, 3.05) is 0 Å². The molecule has 29 heavy (non-hydrogen) atoms. The number of carbonyl (C=O) groups is 1. The molecule has 0 aliphatic heterocycles. The Morgan fingerprint density at radius 1 is 0.931 bits per heavy atom. The molecule has 0 aliphatic rings. The Kier molecular flexibility index (Phi) is 5.00. The molecule has 0 radical (unpaired) electrons. The van der Waals surface area contributed by atoms with Crippen LogP contribution in [0.2, 0.25) is 0 Å². The second kappa shape index (κ2) is 7.76. The second-order valence-corrected chi connectivity index (χ2v) is 6.69. The number of aromatic nitrogens is 1. The molecule has 0 amide bonds. The molecule has 3 aromatic carbocycles. The van der Waals surface area contributed by atoms with Crippen LogP contribution in [0.25, 0.3) is 28.1 Å². The molecule has 1 heterocycles. The number of fused-ring (bicyclic) bond motifs is 1. The lowest BCUT2D eigenvalue weighted by Crippen LogP contribution is -2.05. The first kappa shape index (κ1) is 18.7. The quantitative estimate of drug-likeness (QED) is 0.301. The molecule has 0 bridgehead atoms. The highest BCUT2D eigenvalue weighted by Crippen LogP contribution is 2.33. The summed E-state index contributed by atoms with van der Waals surface area (Å²) in [6, 6.07) is 20.5. The summed E-state index contributed by atoms with van der Waals surface area (Å²) in [5, 5.41) is 0.869. The van der Waals surface area contributed by atoms with Crippen LogP contribution in [0.4, 0.5) is 8.78 Å². The summed E-state index contributed by atoms with van der Waals surface area (Å²) in [6.45, 7) is 1.79.